The fourth-order valence-corrected chi connectivity index (χ4v) is 2.09. The molecule has 0 aliphatic carbocycles. The maximum atomic E-state index is 13.9. The van der Waals surface area contributed by atoms with Gasteiger partial charge in [-0.3, -0.25) is 4.79 Å². The molecule has 22 heavy (non-hydrogen) atoms. The summed E-state index contributed by atoms with van der Waals surface area (Å²) in [5.74, 6) is -1.85. The van der Waals surface area contributed by atoms with Gasteiger partial charge in [-0.2, -0.15) is 0 Å². The van der Waals surface area contributed by atoms with Crippen molar-refractivity contribution in [2.75, 3.05) is 0 Å². The van der Waals surface area contributed by atoms with Crippen LogP contribution in [-0.2, 0) is 0 Å². The van der Waals surface area contributed by atoms with Gasteiger partial charge in [0, 0.05) is 5.56 Å². The van der Waals surface area contributed by atoms with Gasteiger partial charge in [0.05, 0.1) is 11.3 Å². The smallest absolute Gasteiger partial charge is 0.249 e. The molecule has 0 saturated heterocycles. The normalized spacial score (nSPS) is 11.3. The van der Waals surface area contributed by atoms with Crippen molar-refractivity contribution < 1.29 is 13.6 Å². The molecule has 0 spiro atoms. The number of nitrogens with two attached hydrogens (primary N) is 1. The van der Waals surface area contributed by atoms with Crippen LogP contribution in [0.2, 0.25) is 0 Å². The van der Waals surface area contributed by atoms with E-state index in [9.17, 15) is 13.6 Å². The van der Waals surface area contributed by atoms with E-state index in [1.807, 2.05) is 0 Å². The number of benzene rings is 2. The zero-order chi connectivity index (χ0) is 16.3. The minimum atomic E-state index is -0.799. The summed E-state index contributed by atoms with van der Waals surface area (Å²) < 4.78 is 26.8. The monoisotopic (exact) mass is 300 g/mol. The first kappa shape index (κ1) is 15.6. The van der Waals surface area contributed by atoms with E-state index in [2.05, 4.69) is 0 Å². The summed E-state index contributed by atoms with van der Waals surface area (Å²) >= 11 is 0. The molecule has 0 saturated carbocycles. The Bertz CT molecular complexity index is 765. The van der Waals surface area contributed by atoms with Gasteiger partial charge in [-0.05, 0) is 48.4 Å². The third kappa shape index (κ3) is 3.25. The Morgan fingerprint density at radius 3 is 2.36 bits per heavy atom. The number of hydrogen-bond acceptors (Lipinski definition) is 2. The molecule has 0 aliphatic heterocycles. The van der Waals surface area contributed by atoms with E-state index < -0.39 is 11.7 Å². The molecule has 2 rings (SSSR count). The maximum Gasteiger partial charge on any atom is 0.249 e. The van der Waals surface area contributed by atoms with Crippen molar-refractivity contribution in [1.82, 2.24) is 0 Å². The van der Waals surface area contributed by atoms with Gasteiger partial charge in [0.25, 0.3) is 0 Å². The highest BCUT2D eigenvalue weighted by Gasteiger charge is 2.16. The molecule has 0 radical (unpaired) electrons. The predicted molar refractivity (Wildman–Crippen MR) is 81.8 cm³/mol. The molecule has 3 N–H and O–H groups in total. The lowest BCUT2D eigenvalue weighted by molar-refractivity contribution is 0.0999. The lowest BCUT2D eigenvalue weighted by Gasteiger charge is -2.08. The fourth-order valence-electron chi connectivity index (χ4n) is 2.09. The summed E-state index contributed by atoms with van der Waals surface area (Å²) in [5.41, 5.74) is 6.19. The topological polar surface area (TPSA) is 66.9 Å². The second-order valence-corrected chi connectivity index (χ2v) is 4.77. The highest BCUT2D eigenvalue weighted by molar-refractivity contribution is 6.15. The first-order valence-corrected chi connectivity index (χ1v) is 6.51. The van der Waals surface area contributed by atoms with Crippen molar-refractivity contribution in [2.24, 2.45) is 5.73 Å². The molecule has 2 aromatic carbocycles. The Labute approximate surface area is 126 Å². The number of allylic oxidation sites excluding steroid dienone is 2. The van der Waals surface area contributed by atoms with Gasteiger partial charge < -0.3 is 11.1 Å². The molecule has 0 atom stereocenters. The second-order valence-electron chi connectivity index (χ2n) is 4.77. The molecule has 5 heteroatoms. The molecular formula is C17H14F2N2O. The standard InChI is InChI=1S/C17H14F2N2O/c1-10(11-5-7-12(18)8-6-11)9-15(20)16-13(17(21)22)3-2-4-14(16)19/h2-9,20H,1H3,(H2,21,22)/b10-9+,20-15?. The van der Waals surface area contributed by atoms with Gasteiger partial charge in [0.2, 0.25) is 5.91 Å². The maximum absolute atomic E-state index is 13.9. The highest BCUT2D eigenvalue weighted by atomic mass is 19.1. The summed E-state index contributed by atoms with van der Waals surface area (Å²) in [5, 5.41) is 8.03. The van der Waals surface area contributed by atoms with Crippen LogP contribution in [0.25, 0.3) is 5.57 Å². The van der Waals surface area contributed by atoms with Crippen LogP contribution in [0, 0.1) is 17.0 Å². The van der Waals surface area contributed by atoms with E-state index in [0.29, 0.717) is 11.1 Å². The summed E-state index contributed by atoms with van der Waals surface area (Å²) in [6.45, 7) is 1.71. The van der Waals surface area contributed by atoms with Crippen molar-refractivity contribution in [3.05, 3.63) is 76.9 Å². The molecule has 0 bridgehead atoms. The number of primary amides is 1. The SMILES string of the molecule is C/C(=C\C(=N)c1c(F)cccc1C(N)=O)c1ccc(F)cc1. The molecule has 0 heterocycles. The van der Waals surface area contributed by atoms with Crippen LogP contribution >= 0.6 is 0 Å². The minimum Gasteiger partial charge on any atom is -0.366 e. The first-order chi connectivity index (χ1) is 10.4. The quantitative estimate of drug-likeness (QED) is 0.833. The third-order valence-corrected chi connectivity index (χ3v) is 3.21. The molecule has 112 valence electrons. The van der Waals surface area contributed by atoms with Gasteiger partial charge in [-0.15, -0.1) is 0 Å². The average molecular weight is 300 g/mol. The largest absolute Gasteiger partial charge is 0.366 e. The van der Waals surface area contributed by atoms with E-state index in [1.165, 1.54) is 30.3 Å². The third-order valence-electron chi connectivity index (χ3n) is 3.21. The Hall–Kier alpha value is -2.82. The summed E-state index contributed by atoms with van der Waals surface area (Å²) in [4.78, 5) is 11.4. The van der Waals surface area contributed by atoms with Crippen LogP contribution in [-0.4, -0.2) is 11.6 Å². The predicted octanol–water partition coefficient (Wildman–Crippen LogP) is 3.54. The number of amides is 1. The van der Waals surface area contributed by atoms with Gasteiger partial charge in [0.15, 0.2) is 0 Å². The van der Waals surface area contributed by atoms with Gasteiger partial charge >= 0.3 is 0 Å². The van der Waals surface area contributed by atoms with Gasteiger partial charge in [0.1, 0.15) is 11.6 Å². The Balaban J connectivity index is 2.42. The average Bonchev–Trinajstić information content (AvgIpc) is 2.47. The Morgan fingerprint density at radius 1 is 1.14 bits per heavy atom. The zero-order valence-electron chi connectivity index (χ0n) is 11.9. The zero-order valence-corrected chi connectivity index (χ0v) is 11.9. The van der Waals surface area contributed by atoms with E-state index in [1.54, 1.807) is 19.1 Å². The lowest BCUT2D eigenvalue weighted by Crippen LogP contribution is -2.17. The molecule has 3 nitrogen and oxygen atoms in total. The molecule has 0 fully saturated rings. The first-order valence-electron chi connectivity index (χ1n) is 6.51. The summed E-state index contributed by atoms with van der Waals surface area (Å²) in [6, 6.07) is 9.62. The van der Waals surface area contributed by atoms with Gasteiger partial charge in [-0.1, -0.05) is 18.2 Å². The van der Waals surface area contributed by atoms with Crippen LogP contribution in [0.5, 0.6) is 0 Å². The molecule has 0 aliphatic rings. The van der Waals surface area contributed by atoms with Crippen LogP contribution in [0.3, 0.4) is 0 Å². The number of carbonyl (C=O) groups excluding carboxylic acids is 1. The van der Waals surface area contributed by atoms with E-state index in [-0.39, 0.29) is 22.7 Å². The molecule has 2 aromatic rings. The van der Waals surface area contributed by atoms with Crippen molar-refractivity contribution >= 4 is 17.2 Å². The highest BCUT2D eigenvalue weighted by Crippen LogP contribution is 2.19. The molecule has 0 aromatic heterocycles. The van der Waals surface area contributed by atoms with Crippen molar-refractivity contribution in [3.63, 3.8) is 0 Å². The fraction of sp³-hybridized carbons (Fsp3) is 0.0588. The summed E-state index contributed by atoms with van der Waals surface area (Å²) in [7, 11) is 0. The number of nitrogens with one attached hydrogen (secondary N) is 1. The molecular weight excluding hydrogens is 286 g/mol. The number of carbonyl (C=O) groups is 1. The van der Waals surface area contributed by atoms with Gasteiger partial charge in [-0.25, -0.2) is 8.78 Å². The van der Waals surface area contributed by atoms with E-state index in [4.69, 9.17) is 11.1 Å². The molecule has 0 unspecified atom stereocenters. The van der Waals surface area contributed by atoms with E-state index in [0.717, 1.165) is 6.07 Å². The molecule has 1 amide bonds. The van der Waals surface area contributed by atoms with Crippen LogP contribution in [0.4, 0.5) is 8.78 Å². The van der Waals surface area contributed by atoms with Crippen molar-refractivity contribution in [1.29, 1.82) is 5.41 Å². The minimum absolute atomic E-state index is 0.0480. The number of hydrogen-bond donors (Lipinski definition) is 2. The number of halogens is 2. The lowest BCUT2D eigenvalue weighted by atomic mass is 9.98. The Kier molecular flexibility index (Phi) is 4.46. The van der Waals surface area contributed by atoms with Crippen LogP contribution < -0.4 is 5.73 Å². The second kappa shape index (κ2) is 6.30. The number of rotatable bonds is 4. The summed E-state index contributed by atoms with van der Waals surface area (Å²) in [6.07, 6.45) is 1.41. The van der Waals surface area contributed by atoms with E-state index >= 15 is 0 Å². The van der Waals surface area contributed by atoms with Crippen molar-refractivity contribution in [2.45, 2.75) is 6.92 Å². The van der Waals surface area contributed by atoms with Crippen LogP contribution in [0.1, 0.15) is 28.4 Å². The van der Waals surface area contributed by atoms with Crippen LogP contribution in [0.15, 0.2) is 48.5 Å². The van der Waals surface area contributed by atoms with Crippen molar-refractivity contribution in [3.8, 4) is 0 Å². The Morgan fingerprint density at radius 2 is 1.77 bits per heavy atom.